The predicted molar refractivity (Wildman–Crippen MR) is 108 cm³/mol. The van der Waals surface area contributed by atoms with Crippen LogP contribution in [-0.4, -0.2) is 48.4 Å². The number of H-pyrrole nitrogens is 1. The van der Waals surface area contributed by atoms with Gasteiger partial charge in [-0.1, -0.05) is 48.5 Å². The van der Waals surface area contributed by atoms with Gasteiger partial charge in [0.15, 0.2) is 5.69 Å². The second kappa shape index (κ2) is 7.05. The van der Waals surface area contributed by atoms with Crippen molar-refractivity contribution in [2.24, 2.45) is 0 Å². The molecule has 1 aliphatic heterocycles. The van der Waals surface area contributed by atoms with E-state index in [1.165, 1.54) is 4.68 Å². The molecule has 1 amide bonds. The van der Waals surface area contributed by atoms with Gasteiger partial charge in [-0.3, -0.25) is 14.5 Å². The fraction of sp³-hybridized carbons (Fsp3) is 0.238. The van der Waals surface area contributed by atoms with Crippen molar-refractivity contribution in [3.8, 4) is 0 Å². The van der Waals surface area contributed by atoms with Gasteiger partial charge in [0.1, 0.15) is 5.82 Å². The van der Waals surface area contributed by atoms with Crippen molar-refractivity contribution in [2.75, 3.05) is 13.1 Å². The van der Waals surface area contributed by atoms with Crippen molar-refractivity contribution in [2.45, 2.75) is 19.5 Å². The van der Waals surface area contributed by atoms with Gasteiger partial charge < -0.3 is 4.90 Å². The largest absolute Gasteiger partial charge is 0.346 e. The Kier molecular flexibility index (Phi) is 4.23. The standard InChI is InChI=1S/C21H20N6O2/c28-20(19-16-8-4-5-9-17(16)22-23-19)25-11-10-18-24-27(21(29)26(18)13-12-25)14-15-6-2-1-3-7-15/h1-9H,10-14H2,(H,22,23). The highest BCUT2D eigenvalue weighted by Gasteiger charge is 2.25. The highest BCUT2D eigenvalue weighted by molar-refractivity contribution is 6.04. The molecule has 0 bridgehead atoms. The summed E-state index contributed by atoms with van der Waals surface area (Å²) in [6.07, 6.45) is 0.533. The number of nitrogens with one attached hydrogen (secondary N) is 1. The molecule has 5 rings (SSSR count). The minimum atomic E-state index is -0.136. The van der Waals surface area contributed by atoms with Gasteiger partial charge in [0.05, 0.1) is 12.1 Å². The summed E-state index contributed by atoms with van der Waals surface area (Å²) in [5, 5.41) is 12.4. The van der Waals surface area contributed by atoms with Gasteiger partial charge >= 0.3 is 5.69 Å². The normalized spacial score (nSPS) is 14.0. The molecular formula is C21H20N6O2. The van der Waals surface area contributed by atoms with E-state index < -0.39 is 0 Å². The molecule has 1 N–H and O–H groups in total. The molecule has 0 saturated heterocycles. The molecule has 4 aromatic rings. The van der Waals surface area contributed by atoms with Crippen molar-refractivity contribution < 1.29 is 4.79 Å². The molecule has 0 unspecified atom stereocenters. The Labute approximate surface area is 166 Å². The zero-order valence-corrected chi connectivity index (χ0v) is 15.8. The first-order chi connectivity index (χ1) is 14.2. The van der Waals surface area contributed by atoms with Crippen LogP contribution in [-0.2, 0) is 19.5 Å². The number of benzene rings is 2. The van der Waals surface area contributed by atoms with Crippen molar-refractivity contribution in [1.82, 2.24) is 29.4 Å². The smallest absolute Gasteiger partial charge is 0.335 e. The number of para-hydroxylation sites is 1. The predicted octanol–water partition coefficient (Wildman–Crippen LogP) is 1.67. The van der Waals surface area contributed by atoms with Crippen LogP contribution in [0.25, 0.3) is 10.9 Å². The molecule has 0 spiro atoms. The first-order valence-electron chi connectivity index (χ1n) is 9.63. The fourth-order valence-corrected chi connectivity index (χ4v) is 3.80. The topological polar surface area (TPSA) is 88.8 Å². The maximum atomic E-state index is 13.0. The maximum Gasteiger partial charge on any atom is 0.346 e. The monoisotopic (exact) mass is 388 g/mol. The number of fused-ring (bicyclic) bond motifs is 2. The fourth-order valence-electron chi connectivity index (χ4n) is 3.80. The molecule has 29 heavy (non-hydrogen) atoms. The van der Waals surface area contributed by atoms with Crippen LogP contribution in [0.3, 0.4) is 0 Å². The number of hydrogen-bond donors (Lipinski definition) is 1. The highest BCUT2D eigenvalue weighted by Crippen LogP contribution is 2.18. The summed E-state index contributed by atoms with van der Waals surface area (Å²) in [6.45, 7) is 1.82. The van der Waals surface area contributed by atoms with Crippen LogP contribution in [0.4, 0.5) is 0 Å². The van der Waals surface area contributed by atoms with Crippen molar-refractivity contribution in [1.29, 1.82) is 0 Å². The molecule has 2 aromatic carbocycles. The number of aromatic nitrogens is 5. The first-order valence-corrected chi connectivity index (χ1v) is 9.63. The Balaban J connectivity index is 1.36. The van der Waals surface area contributed by atoms with Crippen LogP contribution in [0, 0.1) is 0 Å². The Morgan fingerprint density at radius 3 is 2.66 bits per heavy atom. The minimum Gasteiger partial charge on any atom is -0.335 e. The van der Waals surface area contributed by atoms with Gasteiger partial charge in [0, 0.05) is 31.4 Å². The molecule has 1 aliphatic rings. The van der Waals surface area contributed by atoms with Crippen LogP contribution < -0.4 is 5.69 Å². The van der Waals surface area contributed by atoms with Gasteiger partial charge in [0.2, 0.25) is 0 Å². The summed E-state index contributed by atoms with van der Waals surface area (Å²) in [7, 11) is 0. The van der Waals surface area contributed by atoms with E-state index in [0.717, 1.165) is 16.5 Å². The Morgan fingerprint density at radius 2 is 1.79 bits per heavy atom. The van der Waals surface area contributed by atoms with Gasteiger partial charge in [-0.25, -0.2) is 9.48 Å². The summed E-state index contributed by atoms with van der Waals surface area (Å²) >= 11 is 0. The SMILES string of the molecule is O=C(c1n[nH]c2ccccc12)N1CCc2nn(Cc3ccccc3)c(=O)n2CC1. The molecule has 3 heterocycles. The van der Waals surface area contributed by atoms with Gasteiger partial charge in [-0.15, -0.1) is 0 Å². The minimum absolute atomic E-state index is 0.127. The summed E-state index contributed by atoms with van der Waals surface area (Å²) in [4.78, 5) is 27.6. The van der Waals surface area contributed by atoms with E-state index in [1.807, 2.05) is 54.6 Å². The molecule has 0 atom stereocenters. The van der Waals surface area contributed by atoms with E-state index in [9.17, 15) is 9.59 Å². The lowest BCUT2D eigenvalue weighted by Crippen LogP contribution is -2.35. The molecule has 146 valence electrons. The van der Waals surface area contributed by atoms with Crippen LogP contribution >= 0.6 is 0 Å². The first kappa shape index (κ1) is 17.4. The zero-order chi connectivity index (χ0) is 19.8. The van der Waals surface area contributed by atoms with Crippen molar-refractivity contribution in [3.05, 3.63) is 82.2 Å². The van der Waals surface area contributed by atoms with Gasteiger partial charge in [-0.05, 0) is 11.6 Å². The van der Waals surface area contributed by atoms with E-state index in [4.69, 9.17) is 0 Å². The molecular weight excluding hydrogens is 368 g/mol. The van der Waals surface area contributed by atoms with Gasteiger partial charge in [0.25, 0.3) is 5.91 Å². The Bertz CT molecular complexity index is 1240. The average molecular weight is 388 g/mol. The van der Waals surface area contributed by atoms with Crippen LogP contribution in [0.1, 0.15) is 21.9 Å². The lowest BCUT2D eigenvalue weighted by Gasteiger charge is -2.18. The number of carbonyl (C=O) groups is 1. The number of amides is 1. The number of aromatic amines is 1. The quantitative estimate of drug-likeness (QED) is 0.578. The number of carbonyl (C=O) groups excluding carboxylic acids is 1. The number of hydrogen-bond acceptors (Lipinski definition) is 4. The van der Waals surface area contributed by atoms with Crippen LogP contribution in [0.2, 0.25) is 0 Å². The zero-order valence-electron chi connectivity index (χ0n) is 15.8. The van der Waals surface area contributed by atoms with Crippen molar-refractivity contribution in [3.63, 3.8) is 0 Å². The molecule has 0 radical (unpaired) electrons. The maximum absolute atomic E-state index is 13.0. The van der Waals surface area contributed by atoms with Gasteiger partial charge in [-0.2, -0.15) is 10.2 Å². The summed E-state index contributed by atoms with van der Waals surface area (Å²) in [6, 6.07) is 17.4. The Hall–Kier alpha value is -3.68. The molecule has 8 heteroatoms. The molecule has 0 fully saturated rings. The van der Waals surface area contributed by atoms with E-state index in [0.29, 0.717) is 44.1 Å². The summed E-state index contributed by atoms with van der Waals surface area (Å²) in [5.74, 6) is 0.589. The van der Waals surface area contributed by atoms with E-state index >= 15 is 0 Å². The third-order valence-electron chi connectivity index (χ3n) is 5.33. The van der Waals surface area contributed by atoms with Crippen molar-refractivity contribution >= 4 is 16.8 Å². The highest BCUT2D eigenvalue weighted by atomic mass is 16.2. The lowest BCUT2D eigenvalue weighted by atomic mass is 10.2. The summed E-state index contributed by atoms with van der Waals surface area (Å²) in [5.41, 5.74) is 2.15. The molecule has 0 saturated carbocycles. The second-order valence-electron chi connectivity index (χ2n) is 7.15. The summed E-state index contributed by atoms with van der Waals surface area (Å²) < 4.78 is 3.18. The van der Waals surface area contributed by atoms with Crippen LogP contribution in [0.5, 0.6) is 0 Å². The molecule has 0 aliphatic carbocycles. The lowest BCUT2D eigenvalue weighted by molar-refractivity contribution is 0.0754. The second-order valence-corrected chi connectivity index (χ2v) is 7.15. The van der Waals surface area contributed by atoms with E-state index in [2.05, 4.69) is 15.3 Å². The Morgan fingerprint density at radius 1 is 1.00 bits per heavy atom. The third-order valence-corrected chi connectivity index (χ3v) is 5.33. The molecule has 8 nitrogen and oxygen atoms in total. The average Bonchev–Trinajstić information content (AvgIpc) is 3.22. The number of nitrogens with zero attached hydrogens (tertiary/aromatic N) is 5. The third kappa shape index (κ3) is 3.12. The van der Waals surface area contributed by atoms with E-state index in [-0.39, 0.29) is 11.6 Å². The van der Waals surface area contributed by atoms with Crippen LogP contribution in [0.15, 0.2) is 59.4 Å². The van der Waals surface area contributed by atoms with E-state index in [1.54, 1.807) is 9.47 Å². The number of rotatable bonds is 3. The molecule has 2 aromatic heterocycles.